The molecule has 0 saturated heterocycles. The summed E-state index contributed by atoms with van der Waals surface area (Å²) in [6.07, 6.45) is 0. The lowest BCUT2D eigenvalue weighted by Gasteiger charge is -2.05. The van der Waals surface area contributed by atoms with Crippen LogP contribution < -0.4 is 5.32 Å². The molecule has 0 amide bonds. The number of nitro benzene ring substituents is 1. The topological polar surface area (TPSA) is 98.8 Å². The molecule has 0 spiro atoms. The number of hydrogen-bond donors (Lipinski definition) is 1. The van der Waals surface area contributed by atoms with Crippen molar-refractivity contribution >= 4 is 39.4 Å². The maximum Gasteiger partial charge on any atom is 0.269 e. The number of hydrogen-bond acceptors (Lipinski definition) is 7. The highest BCUT2D eigenvalue weighted by molar-refractivity contribution is 7.15. The fourth-order valence-corrected chi connectivity index (χ4v) is 3.67. The van der Waals surface area contributed by atoms with E-state index in [1.165, 1.54) is 23.5 Å². The minimum atomic E-state index is -0.433. The van der Waals surface area contributed by atoms with Crippen molar-refractivity contribution in [2.24, 2.45) is 0 Å². The van der Waals surface area contributed by atoms with Gasteiger partial charge in [-0.25, -0.2) is 0 Å². The van der Waals surface area contributed by atoms with E-state index in [-0.39, 0.29) is 5.69 Å². The highest BCUT2D eigenvalue weighted by atomic mass is 35.5. The second-order valence-electron chi connectivity index (χ2n) is 6.27. The number of benzene rings is 2. The van der Waals surface area contributed by atoms with Gasteiger partial charge in [0.1, 0.15) is 5.01 Å². The van der Waals surface area contributed by atoms with Crippen LogP contribution in [0, 0.1) is 17.0 Å². The molecule has 0 aliphatic rings. The average molecular weight is 427 g/mol. The van der Waals surface area contributed by atoms with E-state index < -0.39 is 4.92 Å². The summed E-state index contributed by atoms with van der Waals surface area (Å²) in [5.74, 6) is 0. The highest BCUT2D eigenvalue weighted by Gasteiger charge is 2.12. The number of anilines is 2. The molecule has 10 heteroatoms. The largest absolute Gasteiger partial charge is 0.330 e. The molecule has 0 bridgehead atoms. The molecule has 4 aromatic rings. The van der Waals surface area contributed by atoms with Crippen molar-refractivity contribution in [2.75, 3.05) is 5.32 Å². The lowest BCUT2D eigenvalue weighted by molar-refractivity contribution is -0.384. The molecule has 0 aliphatic carbocycles. The van der Waals surface area contributed by atoms with Crippen molar-refractivity contribution in [1.29, 1.82) is 0 Å². The smallest absolute Gasteiger partial charge is 0.269 e. The molecule has 0 radical (unpaired) electrons. The summed E-state index contributed by atoms with van der Waals surface area (Å²) < 4.78 is 1.88. The van der Waals surface area contributed by atoms with Gasteiger partial charge in [0.05, 0.1) is 22.9 Å². The highest BCUT2D eigenvalue weighted by Crippen LogP contribution is 2.26. The van der Waals surface area contributed by atoms with E-state index in [9.17, 15) is 10.1 Å². The number of halogens is 1. The first-order chi connectivity index (χ1) is 14.0. The second kappa shape index (κ2) is 7.98. The van der Waals surface area contributed by atoms with Crippen LogP contribution in [-0.2, 0) is 6.54 Å². The molecule has 0 fully saturated rings. The summed E-state index contributed by atoms with van der Waals surface area (Å²) in [5, 5.41) is 28.9. The first-order valence-corrected chi connectivity index (χ1v) is 9.81. The number of non-ortho nitro benzene ring substituents is 1. The lowest BCUT2D eigenvalue weighted by Crippen LogP contribution is -2.03. The van der Waals surface area contributed by atoms with Crippen LogP contribution in [0.4, 0.5) is 16.5 Å². The van der Waals surface area contributed by atoms with E-state index in [0.29, 0.717) is 22.4 Å². The van der Waals surface area contributed by atoms with E-state index in [4.69, 9.17) is 11.6 Å². The second-order valence-corrected chi connectivity index (χ2v) is 7.76. The van der Waals surface area contributed by atoms with Crippen molar-refractivity contribution in [1.82, 2.24) is 20.0 Å². The van der Waals surface area contributed by atoms with Crippen LogP contribution in [0.3, 0.4) is 0 Å². The van der Waals surface area contributed by atoms with Gasteiger partial charge in [-0.3, -0.25) is 14.8 Å². The third kappa shape index (κ3) is 4.41. The molecule has 4 rings (SSSR count). The van der Waals surface area contributed by atoms with Gasteiger partial charge in [-0.15, -0.1) is 10.2 Å². The Morgan fingerprint density at radius 1 is 1.14 bits per heavy atom. The van der Waals surface area contributed by atoms with Crippen LogP contribution >= 0.6 is 22.9 Å². The quantitative estimate of drug-likeness (QED) is 0.341. The van der Waals surface area contributed by atoms with Crippen molar-refractivity contribution in [3.05, 3.63) is 80.4 Å². The Morgan fingerprint density at radius 3 is 2.55 bits per heavy atom. The Bertz CT molecular complexity index is 1150. The minimum Gasteiger partial charge on any atom is -0.330 e. The molecule has 0 atom stereocenters. The van der Waals surface area contributed by atoms with Gasteiger partial charge >= 0.3 is 0 Å². The number of aromatic nitrogens is 4. The summed E-state index contributed by atoms with van der Waals surface area (Å²) >= 11 is 7.39. The van der Waals surface area contributed by atoms with Crippen LogP contribution in [0.25, 0.3) is 11.3 Å². The average Bonchev–Trinajstić information content (AvgIpc) is 3.29. The van der Waals surface area contributed by atoms with E-state index >= 15 is 0 Å². The molecule has 2 aromatic carbocycles. The van der Waals surface area contributed by atoms with Gasteiger partial charge in [-0.2, -0.15) is 5.10 Å². The monoisotopic (exact) mass is 426 g/mol. The minimum absolute atomic E-state index is 0.0392. The summed E-state index contributed by atoms with van der Waals surface area (Å²) in [6, 6.07) is 15.8. The molecular formula is C19H15ClN6O2S. The van der Waals surface area contributed by atoms with E-state index in [2.05, 4.69) is 20.6 Å². The van der Waals surface area contributed by atoms with Gasteiger partial charge in [0.25, 0.3) is 5.69 Å². The Balaban J connectivity index is 1.51. The van der Waals surface area contributed by atoms with E-state index in [0.717, 1.165) is 22.0 Å². The maximum absolute atomic E-state index is 10.7. The van der Waals surface area contributed by atoms with Gasteiger partial charge in [0, 0.05) is 22.8 Å². The standard InChI is InChI=1S/C19H15ClN6O2S/c1-12-10-17(13-2-4-14(20)5-3-13)25(24-12)11-18-22-23-19(29-18)21-15-6-8-16(9-7-15)26(27)28/h2-10H,11H2,1H3,(H,21,23). The fraction of sp³-hybridized carbons (Fsp3) is 0.105. The predicted molar refractivity (Wildman–Crippen MR) is 113 cm³/mol. The zero-order valence-corrected chi connectivity index (χ0v) is 16.8. The molecule has 0 aliphatic heterocycles. The van der Waals surface area contributed by atoms with Crippen LogP contribution in [0.2, 0.25) is 5.02 Å². The molecule has 2 heterocycles. The van der Waals surface area contributed by atoms with Crippen molar-refractivity contribution < 1.29 is 4.92 Å². The Hall–Kier alpha value is -3.30. The number of aryl methyl sites for hydroxylation is 1. The summed E-state index contributed by atoms with van der Waals surface area (Å²) in [6.45, 7) is 2.42. The molecule has 8 nitrogen and oxygen atoms in total. The van der Waals surface area contributed by atoms with Gasteiger partial charge in [0.15, 0.2) is 0 Å². The third-order valence-corrected chi connectivity index (χ3v) is 5.20. The molecule has 0 unspecified atom stereocenters. The first kappa shape index (κ1) is 19.0. The SMILES string of the molecule is Cc1cc(-c2ccc(Cl)cc2)n(Cc2nnc(Nc3ccc([N+](=O)[O-])cc3)s2)n1. The number of nitrogens with zero attached hydrogens (tertiary/aromatic N) is 5. The normalized spacial score (nSPS) is 10.8. The molecule has 29 heavy (non-hydrogen) atoms. The summed E-state index contributed by atoms with van der Waals surface area (Å²) in [4.78, 5) is 10.3. The molecule has 0 saturated carbocycles. The van der Waals surface area contributed by atoms with Crippen LogP contribution in [0.1, 0.15) is 10.7 Å². The van der Waals surface area contributed by atoms with E-state index in [1.807, 2.05) is 41.9 Å². The predicted octanol–water partition coefficient (Wildman–Crippen LogP) is 5.06. The van der Waals surface area contributed by atoms with Gasteiger partial charge in [-0.1, -0.05) is 35.1 Å². The molecule has 2 aromatic heterocycles. The first-order valence-electron chi connectivity index (χ1n) is 8.62. The molecule has 1 N–H and O–H groups in total. The van der Waals surface area contributed by atoms with Gasteiger partial charge in [0.2, 0.25) is 5.13 Å². The van der Waals surface area contributed by atoms with Gasteiger partial charge < -0.3 is 5.32 Å². The zero-order chi connectivity index (χ0) is 20.4. The third-order valence-electron chi connectivity index (χ3n) is 4.12. The van der Waals surface area contributed by atoms with E-state index in [1.54, 1.807) is 12.1 Å². The molecule has 146 valence electrons. The van der Waals surface area contributed by atoms with Crippen molar-refractivity contribution in [3.63, 3.8) is 0 Å². The van der Waals surface area contributed by atoms with Crippen molar-refractivity contribution in [2.45, 2.75) is 13.5 Å². The Labute approximate surface area is 174 Å². The van der Waals surface area contributed by atoms with Gasteiger partial charge in [-0.05, 0) is 42.8 Å². The Morgan fingerprint density at radius 2 is 1.86 bits per heavy atom. The number of nitro groups is 1. The van der Waals surface area contributed by atoms with Crippen LogP contribution in [0.5, 0.6) is 0 Å². The number of rotatable bonds is 6. The zero-order valence-electron chi connectivity index (χ0n) is 15.2. The van der Waals surface area contributed by atoms with Crippen molar-refractivity contribution in [3.8, 4) is 11.3 Å². The lowest BCUT2D eigenvalue weighted by atomic mass is 10.1. The molecular weight excluding hydrogens is 412 g/mol. The van der Waals surface area contributed by atoms with Crippen LogP contribution in [-0.4, -0.2) is 24.9 Å². The Kier molecular flexibility index (Phi) is 5.24. The summed E-state index contributed by atoms with van der Waals surface area (Å²) in [5.41, 5.74) is 3.64. The van der Waals surface area contributed by atoms with Crippen LogP contribution in [0.15, 0.2) is 54.6 Å². The fourth-order valence-electron chi connectivity index (χ4n) is 2.81. The number of nitrogens with one attached hydrogen (secondary N) is 1. The maximum atomic E-state index is 10.7. The summed E-state index contributed by atoms with van der Waals surface area (Å²) in [7, 11) is 0.